The molecule has 0 aliphatic carbocycles. The van der Waals surface area contributed by atoms with E-state index in [2.05, 4.69) is 16.0 Å². The molecule has 0 aliphatic rings. The summed E-state index contributed by atoms with van der Waals surface area (Å²) in [5, 5.41) is 30.5. The molecule has 8 nitrogen and oxygen atoms in total. The summed E-state index contributed by atoms with van der Waals surface area (Å²) in [7, 11) is 0. The molecule has 4 aromatic rings. The summed E-state index contributed by atoms with van der Waals surface area (Å²) in [5.74, 6) is 0.848. The van der Waals surface area contributed by atoms with Crippen molar-refractivity contribution in [2.75, 3.05) is 0 Å². The number of aromatic nitrogens is 2. The molecule has 0 saturated carbocycles. The molecule has 0 amide bonds. The number of allylic oxidation sites excluding steroid dienone is 1. The number of aromatic amines is 1. The van der Waals surface area contributed by atoms with Crippen LogP contribution in [0.15, 0.2) is 59.0 Å². The number of fused-ring (bicyclic) bond motifs is 1. The molecule has 2 N–H and O–H groups in total. The largest absolute Gasteiger partial charge is 0.507 e. The average Bonchev–Trinajstić information content (AvgIpc) is 3.33. The number of nitro benzene ring substituents is 1. The first-order valence-corrected chi connectivity index (χ1v) is 8.19. The number of para-hydroxylation sites is 2. The van der Waals surface area contributed by atoms with Crippen LogP contribution in [0.2, 0.25) is 0 Å². The summed E-state index contributed by atoms with van der Waals surface area (Å²) in [6.45, 7) is 0. The van der Waals surface area contributed by atoms with Gasteiger partial charge in [0.05, 0.1) is 27.1 Å². The zero-order chi connectivity index (χ0) is 19.7. The highest BCUT2D eigenvalue weighted by molar-refractivity contribution is 5.89. The summed E-state index contributed by atoms with van der Waals surface area (Å²) in [5.41, 5.74) is 1.83. The van der Waals surface area contributed by atoms with Crippen LogP contribution < -0.4 is 0 Å². The van der Waals surface area contributed by atoms with Crippen LogP contribution in [0.4, 0.5) is 5.69 Å². The molecule has 0 atom stereocenters. The van der Waals surface area contributed by atoms with Crippen molar-refractivity contribution in [2.45, 2.75) is 0 Å². The number of phenols is 1. The van der Waals surface area contributed by atoms with Crippen LogP contribution in [0.3, 0.4) is 0 Å². The van der Waals surface area contributed by atoms with Crippen molar-refractivity contribution in [1.82, 2.24) is 9.97 Å². The number of H-pyrrole nitrogens is 1. The Hall–Kier alpha value is -4.38. The number of rotatable bonds is 4. The molecule has 0 unspecified atom stereocenters. The molecule has 0 aliphatic heterocycles. The third kappa shape index (κ3) is 3.08. The molecule has 0 bridgehead atoms. The minimum atomic E-state index is -0.554. The predicted octanol–water partition coefficient (Wildman–Crippen LogP) is 4.50. The molecule has 2 heterocycles. The van der Waals surface area contributed by atoms with Crippen LogP contribution in [0.1, 0.15) is 11.6 Å². The standard InChI is InChI=1S/C20H12N4O4/c21-11-12(20-22-16-3-1-2-4-17(16)23-20)9-14-6-8-19(28-14)15-10-13(24(26)27)5-7-18(15)25/h1-10,25H,(H,22,23)/b12-9-. The zero-order valence-electron chi connectivity index (χ0n) is 14.3. The van der Waals surface area contributed by atoms with E-state index in [4.69, 9.17) is 4.42 Å². The Morgan fingerprint density at radius 2 is 2.07 bits per heavy atom. The van der Waals surface area contributed by atoms with Crippen LogP contribution in [0, 0.1) is 21.4 Å². The van der Waals surface area contributed by atoms with E-state index in [9.17, 15) is 20.5 Å². The van der Waals surface area contributed by atoms with E-state index in [0.29, 0.717) is 11.6 Å². The second-order valence-electron chi connectivity index (χ2n) is 5.93. The SMILES string of the molecule is N#C/C(=C/c1ccc(-c2cc([N+](=O)[O-])ccc2O)o1)c1nc2ccccc2[nH]1. The summed E-state index contributed by atoms with van der Waals surface area (Å²) >= 11 is 0. The van der Waals surface area contributed by atoms with Gasteiger partial charge in [0, 0.05) is 18.2 Å². The Labute approximate surface area is 158 Å². The summed E-state index contributed by atoms with van der Waals surface area (Å²) < 4.78 is 5.66. The monoisotopic (exact) mass is 372 g/mol. The lowest BCUT2D eigenvalue weighted by molar-refractivity contribution is -0.384. The highest BCUT2D eigenvalue weighted by atomic mass is 16.6. The summed E-state index contributed by atoms with van der Waals surface area (Å²) in [4.78, 5) is 17.9. The van der Waals surface area contributed by atoms with E-state index in [0.717, 1.165) is 11.0 Å². The highest BCUT2D eigenvalue weighted by Gasteiger charge is 2.15. The normalized spacial score (nSPS) is 11.5. The number of furan rings is 1. The Bertz CT molecular complexity index is 1240. The second kappa shape index (κ2) is 6.74. The van der Waals surface area contributed by atoms with Crippen molar-refractivity contribution in [3.8, 4) is 23.1 Å². The van der Waals surface area contributed by atoms with E-state index < -0.39 is 4.92 Å². The van der Waals surface area contributed by atoms with E-state index in [1.807, 2.05) is 24.3 Å². The average molecular weight is 372 g/mol. The highest BCUT2D eigenvalue weighted by Crippen LogP contribution is 2.34. The first-order valence-electron chi connectivity index (χ1n) is 8.19. The maximum Gasteiger partial charge on any atom is 0.270 e. The lowest BCUT2D eigenvalue weighted by Crippen LogP contribution is -1.88. The minimum Gasteiger partial charge on any atom is -0.507 e. The molecule has 0 spiro atoms. The number of nitrogens with one attached hydrogen (secondary N) is 1. The number of hydrogen-bond donors (Lipinski definition) is 2. The Morgan fingerprint density at radius 3 is 2.82 bits per heavy atom. The van der Waals surface area contributed by atoms with Crippen molar-refractivity contribution < 1.29 is 14.4 Å². The molecule has 2 aromatic carbocycles. The van der Waals surface area contributed by atoms with Gasteiger partial charge >= 0.3 is 0 Å². The van der Waals surface area contributed by atoms with Gasteiger partial charge in [0.2, 0.25) is 0 Å². The lowest BCUT2D eigenvalue weighted by Gasteiger charge is -2.01. The molecular weight excluding hydrogens is 360 g/mol. The number of nitriles is 1. The molecule has 0 saturated heterocycles. The number of nitro groups is 1. The van der Waals surface area contributed by atoms with Gasteiger partial charge in [0.1, 0.15) is 29.2 Å². The summed E-state index contributed by atoms with van der Waals surface area (Å²) in [6, 6.07) is 16.3. The number of hydrogen-bond acceptors (Lipinski definition) is 6. The number of phenolic OH excluding ortho intramolecular Hbond substituents is 1. The molecule has 136 valence electrons. The van der Waals surface area contributed by atoms with Gasteiger partial charge < -0.3 is 14.5 Å². The van der Waals surface area contributed by atoms with Gasteiger partial charge in [-0.1, -0.05) is 12.1 Å². The van der Waals surface area contributed by atoms with Crippen molar-refractivity contribution in [3.63, 3.8) is 0 Å². The van der Waals surface area contributed by atoms with Crippen LogP contribution in [0.25, 0.3) is 34.0 Å². The van der Waals surface area contributed by atoms with Gasteiger partial charge in [-0.05, 0) is 30.3 Å². The van der Waals surface area contributed by atoms with Crippen LogP contribution >= 0.6 is 0 Å². The van der Waals surface area contributed by atoms with E-state index in [1.165, 1.54) is 24.3 Å². The third-order valence-corrected chi connectivity index (χ3v) is 4.13. The van der Waals surface area contributed by atoms with Gasteiger partial charge in [-0.2, -0.15) is 5.26 Å². The van der Waals surface area contributed by atoms with Gasteiger partial charge in [-0.3, -0.25) is 10.1 Å². The number of imidazole rings is 1. The van der Waals surface area contributed by atoms with Crippen LogP contribution in [-0.4, -0.2) is 20.0 Å². The number of non-ortho nitro benzene ring substituents is 1. The molecular formula is C20H12N4O4. The molecule has 28 heavy (non-hydrogen) atoms. The fourth-order valence-corrected chi connectivity index (χ4v) is 2.79. The van der Waals surface area contributed by atoms with Gasteiger partial charge in [-0.25, -0.2) is 4.98 Å². The fourth-order valence-electron chi connectivity index (χ4n) is 2.79. The molecule has 4 rings (SSSR count). The Balaban J connectivity index is 1.71. The van der Waals surface area contributed by atoms with Crippen LogP contribution in [0.5, 0.6) is 5.75 Å². The minimum absolute atomic E-state index is 0.145. The lowest BCUT2D eigenvalue weighted by atomic mass is 10.1. The van der Waals surface area contributed by atoms with Crippen molar-refractivity contribution in [2.24, 2.45) is 0 Å². The predicted molar refractivity (Wildman–Crippen MR) is 102 cm³/mol. The smallest absolute Gasteiger partial charge is 0.270 e. The summed E-state index contributed by atoms with van der Waals surface area (Å²) in [6.07, 6.45) is 1.51. The maximum absolute atomic E-state index is 11.0. The number of aromatic hydroxyl groups is 1. The maximum atomic E-state index is 11.0. The van der Waals surface area contributed by atoms with Crippen LogP contribution in [-0.2, 0) is 0 Å². The molecule has 2 aromatic heterocycles. The third-order valence-electron chi connectivity index (χ3n) is 4.13. The quantitative estimate of drug-likeness (QED) is 0.308. The number of benzene rings is 2. The molecule has 8 heteroatoms. The van der Waals surface area contributed by atoms with Crippen molar-refractivity contribution in [1.29, 1.82) is 5.26 Å². The first-order chi connectivity index (χ1) is 13.5. The fraction of sp³-hybridized carbons (Fsp3) is 0. The Morgan fingerprint density at radius 1 is 1.25 bits per heavy atom. The number of nitrogens with zero attached hydrogens (tertiary/aromatic N) is 3. The first kappa shape index (κ1) is 17.1. The zero-order valence-corrected chi connectivity index (χ0v) is 14.3. The van der Waals surface area contributed by atoms with E-state index >= 15 is 0 Å². The van der Waals surface area contributed by atoms with Gasteiger partial charge in [0.15, 0.2) is 0 Å². The van der Waals surface area contributed by atoms with Gasteiger partial charge in [0.25, 0.3) is 5.69 Å². The molecule has 0 fully saturated rings. The molecule has 0 radical (unpaired) electrons. The van der Waals surface area contributed by atoms with E-state index in [-0.39, 0.29) is 28.3 Å². The topological polar surface area (TPSA) is 129 Å². The Kier molecular flexibility index (Phi) is 4.10. The van der Waals surface area contributed by atoms with Crippen molar-refractivity contribution >= 4 is 28.4 Å². The second-order valence-corrected chi connectivity index (χ2v) is 5.93. The van der Waals surface area contributed by atoms with Gasteiger partial charge in [-0.15, -0.1) is 0 Å². The van der Waals surface area contributed by atoms with E-state index in [1.54, 1.807) is 12.1 Å². The van der Waals surface area contributed by atoms with Crippen molar-refractivity contribution in [3.05, 3.63) is 76.3 Å².